The third-order valence-electron chi connectivity index (χ3n) is 5.61. The van der Waals surface area contributed by atoms with Gasteiger partial charge in [-0.15, -0.1) is 11.3 Å². The quantitative estimate of drug-likeness (QED) is 0.198. The molecule has 3 nitrogen and oxygen atoms in total. The smallest absolute Gasteiger partial charge is 0.267 e. The first-order chi connectivity index (χ1) is 15.3. The summed E-state index contributed by atoms with van der Waals surface area (Å²) in [5.74, 6) is 0.631. The minimum atomic E-state index is -0.00834. The third-order valence-corrected chi connectivity index (χ3v) is 8.60. The summed E-state index contributed by atoms with van der Waals surface area (Å²) in [5.41, 5.74) is 5.25. The minimum absolute atomic E-state index is 0.00834. The number of halogens is 2. The largest absolute Gasteiger partial charge is 0.268 e. The third kappa shape index (κ3) is 4.49. The van der Waals surface area contributed by atoms with Gasteiger partial charge in [-0.2, -0.15) is 0 Å². The van der Waals surface area contributed by atoms with E-state index in [2.05, 4.69) is 32.9 Å². The standard InChI is InChI=1S/C25H24Cl2N2OS2/c1-5-6-21-16(4)22-23(32-21)28-25(31-13-17-8-10-19(26)20(27)12-17)29(24(22)30)18-9-7-14(2)15(3)11-18/h7-12H,5-6,13H2,1-4H3. The molecule has 0 saturated carbocycles. The lowest BCUT2D eigenvalue weighted by Gasteiger charge is -2.14. The molecule has 0 fully saturated rings. The van der Waals surface area contributed by atoms with Crippen LogP contribution in [0.5, 0.6) is 0 Å². The van der Waals surface area contributed by atoms with Gasteiger partial charge in [-0.3, -0.25) is 9.36 Å². The van der Waals surface area contributed by atoms with Crippen LogP contribution in [0.3, 0.4) is 0 Å². The van der Waals surface area contributed by atoms with Crippen LogP contribution in [0.1, 0.15) is 40.5 Å². The molecule has 0 bridgehead atoms. The molecule has 32 heavy (non-hydrogen) atoms. The van der Waals surface area contributed by atoms with Gasteiger partial charge < -0.3 is 0 Å². The highest BCUT2D eigenvalue weighted by Crippen LogP contribution is 2.33. The highest BCUT2D eigenvalue weighted by molar-refractivity contribution is 7.98. The van der Waals surface area contributed by atoms with E-state index in [9.17, 15) is 4.79 Å². The molecule has 0 amide bonds. The number of fused-ring (bicyclic) bond motifs is 1. The number of hydrogen-bond donors (Lipinski definition) is 0. The molecular weight excluding hydrogens is 479 g/mol. The molecule has 0 spiro atoms. The van der Waals surface area contributed by atoms with E-state index in [1.165, 1.54) is 22.2 Å². The summed E-state index contributed by atoms with van der Waals surface area (Å²) in [6.45, 7) is 8.33. The number of thiophene rings is 1. The molecule has 0 aliphatic heterocycles. The number of benzene rings is 2. The van der Waals surface area contributed by atoms with Crippen LogP contribution < -0.4 is 5.56 Å². The molecule has 0 saturated heterocycles. The van der Waals surface area contributed by atoms with Gasteiger partial charge in [0, 0.05) is 10.6 Å². The lowest BCUT2D eigenvalue weighted by Crippen LogP contribution is -2.21. The van der Waals surface area contributed by atoms with E-state index in [0.717, 1.165) is 45.4 Å². The van der Waals surface area contributed by atoms with E-state index in [1.54, 1.807) is 22.0 Å². The molecule has 2 heterocycles. The first kappa shape index (κ1) is 23.4. The average molecular weight is 504 g/mol. The molecule has 0 radical (unpaired) electrons. The van der Waals surface area contributed by atoms with Crippen LogP contribution in [0.2, 0.25) is 10.0 Å². The summed E-state index contributed by atoms with van der Waals surface area (Å²) in [6, 6.07) is 11.7. The van der Waals surface area contributed by atoms with Crippen molar-refractivity contribution in [1.29, 1.82) is 0 Å². The summed E-state index contributed by atoms with van der Waals surface area (Å²) in [4.78, 5) is 20.8. The Hall–Kier alpha value is -1.79. The fraction of sp³-hybridized carbons (Fsp3) is 0.280. The van der Waals surface area contributed by atoms with Gasteiger partial charge in [0.1, 0.15) is 4.83 Å². The second kappa shape index (κ2) is 9.60. The van der Waals surface area contributed by atoms with Gasteiger partial charge in [0.25, 0.3) is 5.56 Å². The fourth-order valence-corrected chi connectivity index (χ4v) is 6.24. The molecule has 7 heteroatoms. The van der Waals surface area contributed by atoms with Crippen LogP contribution in [0.15, 0.2) is 46.3 Å². The lowest BCUT2D eigenvalue weighted by atomic mass is 10.1. The molecule has 0 aliphatic rings. The fourth-order valence-electron chi connectivity index (χ4n) is 3.64. The topological polar surface area (TPSA) is 34.9 Å². The summed E-state index contributed by atoms with van der Waals surface area (Å²) < 4.78 is 1.76. The van der Waals surface area contributed by atoms with E-state index < -0.39 is 0 Å². The van der Waals surface area contributed by atoms with Crippen molar-refractivity contribution in [3.05, 3.63) is 83.9 Å². The Morgan fingerprint density at radius 2 is 1.81 bits per heavy atom. The maximum absolute atomic E-state index is 13.8. The van der Waals surface area contributed by atoms with Crippen LogP contribution in [0.4, 0.5) is 0 Å². The Bertz CT molecular complexity index is 1370. The van der Waals surface area contributed by atoms with Gasteiger partial charge in [-0.25, -0.2) is 4.98 Å². The van der Waals surface area contributed by atoms with E-state index in [-0.39, 0.29) is 5.56 Å². The number of thioether (sulfide) groups is 1. The molecule has 2 aromatic heterocycles. The van der Waals surface area contributed by atoms with Crippen LogP contribution in [-0.2, 0) is 12.2 Å². The summed E-state index contributed by atoms with van der Waals surface area (Å²) >= 11 is 15.4. The van der Waals surface area contributed by atoms with Crippen molar-refractivity contribution in [2.24, 2.45) is 0 Å². The van der Waals surface area contributed by atoms with Crippen molar-refractivity contribution in [2.75, 3.05) is 0 Å². The zero-order valence-corrected chi connectivity index (χ0v) is 21.6. The predicted octanol–water partition coefficient (Wildman–Crippen LogP) is 7.92. The number of rotatable bonds is 6. The molecule has 0 unspecified atom stereocenters. The van der Waals surface area contributed by atoms with Crippen LogP contribution in [0.25, 0.3) is 15.9 Å². The zero-order valence-electron chi connectivity index (χ0n) is 18.5. The van der Waals surface area contributed by atoms with Gasteiger partial charge in [0.15, 0.2) is 5.16 Å². The maximum atomic E-state index is 13.8. The van der Waals surface area contributed by atoms with Crippen molar-refractivity contribution >= 4 is 56.5 Å². The first-order valence-electron chi connectivity index (χ1n) is 10.5. The molecule has 4 rings (SSSR count). The van der Waals surface area contributed by atoms with E-state index >= 15 is 0 Å². The summed E-state index contributed by atoms with van der Waals surface area (Å²) in [6.07, 6.45) is 2.00. The van der Waals surface area contributed by atoms with E-state index in [0.29, 0.717) is 21.0 Å². The van der Waals surface area contributed by atoms with Crippen LogP contribution in [-0.4, -0.2) is 9.55 Å². The molecular formula is C25H24Cl2N2OS2. The van der Waals surface area contributed by atoms with Crippen molar-refractivity contribution in [2.45, 2.75) is 51.4 Å². The molecule has 166 valence electrons. The van der Waals surface area contributed by atoms with Crippen LogP contribution >= 0.6 is 46.3 Å². The summed E-state index contributed by atoms with van der Waals surface area (Å²) in [7, 11) is 0. The Morgan fingerprint density at radius 3 is 2.50 bits per heavy atom. The van der Waals surface area contributed by atoms with E-state index in [4.69, 9.17) is 28.2 Å². The highest BCUT2D eigenvalue weighted by atomic mass is 35.5. The number of aryl methyl sites for hydroxylation is 4. The van der Waals surface area contributed by atoms with Gasteiger partial charge in [-0.1, -0.05) is 60.4 Å². The molecule has 0 N–H and O–H groups in total. The maximum Gasteiger partial charge on any atom is 0.267 e. The summed E-state index contributed by atoms with van der Waals surface area (Å²) in [5, 5.41) is 2.47. The first-order valence-corrected chi connectivity index (χ1v) is 13.0. The molecule has 0 aliphatic carbocycles. The van der Waals surface area contributed by atoms with Gasteiger partial charge >= 0.3 is 0 Å². The molecule has 0 atom stereocenters. The van der Waals surface area contributed by atoms with Gasteiger partial charge in [-0.05, 0) is 73.7 Å². The highest BCUT2D eigenvalue weighted by Gasteiger charge is 2.19. The average Bonchev–Trinajstić information content (AvgIpc) is 3.07. The molecule has 2 aromatic carbocycles. The normalized spacial score (nSPS) is 11.4. The monoisotopic (exact) mass is 502 g/mol. The lowest BCUT2D eigenvalue weighted by molar-refractivity contribution is 0.820. The van der Waals surface area contributed by atoms with Crippen molar-refractivity contribution in [3.63, 3.8) is 0 Å². The SMILES string of the molecule is CCCc1sc2nc(SCc3ccc(Cl)c(Cl)c3)n(-c3ccc(C)c(C)c3)c(=O)c2c1C. The van der Waals surface area contributed by atoms with Crippen molar-refractivity contribution in [3.8, 4) is 5.69 Å². The number of aromatic nitrogens is 2. The van der Waals surface area contributed by atoms with Crippen LogP contribution in [0, 0.1) is 20.8 Å². The number of hydrogen-bond acceptors (Lipinski definition) is 4. The van der Waals surface area contributed by atoms with Gasteiger partial charge in [0.05, 0.1) is 21.1 Å². The van der Waals surface area contributed by atoms with Gasteiger partial charge in [0.2, 0.25) is 0 Å². The second-order valence-corrected chi connectivity index (χ2v) is 10.8. The Labute approximate surface area is 206 Å². The van der Waals surface area contributed by atoms with Crippen molar-refractivity contribution < 1.29 is 0 Å². The minimum Gasteiger partial charge on any atom is -0.268 e. The van der Waals surface area contributed by atoms with E-state index in [1.807, 2.05) is 25.1 Å². The Kier molecular flexibility index (Phi) is 7.01. The Balaban J connectivity index is 1.87. The Morgan fingerprint density at radius 1 is 1.03 bits per heavy atom. The van der Waals surface area contributed by atoms with Crippen molar-refractivity contribution in [1.82, 2.24) is 9.55 Å². The second-order valence-electron chi connectivity index (χ2n) is 7.92. The zero-order chi connectivity index (χ0) is 23.0. The predicted molar refractivity (Wildman–Crippen MR) is 139 cm³/mol. The number of nitrogens with zero attached hydrogens (tertiary/aromatic N) is 2. The molecule has 4 aromatic rings.